The number of halogens is 1. The maximum Gasteiger partial charge on any atom is 0.223 e. The van der Waals surface area contributed by atoms with Crippen molar-refractivity contribution in [1.29, 1.82) is 0 Å². The van der Waals surface area contributed by atoms with E-state index in [4.69, 9.17) is 16.3 Å². The maximum atomic E-state index is 6.26. The molecule has 0 amide bonds. The fraction of sp³-hybridized carbons (Fsp3) is 0.273. The molecule has 0 fully saturated rings. The van der Waals surface area contributed by atoms with Gasteiger partial charge in [-0.2, -0.15) is 4.98 Å². The molecule has 0 spiro atoms. The maximum absolute atomic E-state index is 6.26. The molecular weight excluding hydrogens is 376 g/mol. The minimum atomic E-state index is 0.287. The van der Waals surface area contributed by atoms with Gasteiger partial charge in [0.25, 0.3) is 0 Å². The Morgan fingerprint density at radius 2 is 1.78 bits per heavy atom. The van der Waals surface area contributed by atoms with E-state index in [1.54, 1.807) is 11.8 Å². The molecule has 1 heterocycles. The van der Waals surface area contributed by atoms with Gasteiger partial charge in [-0.3, -0.25) is 0 Å². The first-order valence-electron chi connectivity index (χ1n) is 8.92. The van der Waals surface area contributed by atoms with E-state index in [2.05, 4.69) is 43.7 Å². The number of hydrogen-bond acceptors (Lipinski definition) is 4. The molecule has 0 radical (unpaired) electrons. The van der Waals surface area contributed by atoms with Gasteiger partial charge in [0, 0.05) is 16.8 Å². The van der Waals surface area contributed by atoms with E-state index in [9.17, 15) is 0 Å². The number of aromatic nitrogens is 2. The first-order chi connectivity index (χ1) is 12.9. The second-order valence-corrected chi connectivity index (χ2v) is 8.15. The lowest BCUT2D eigenvalue weighted by Gasteiger charge is -2.12. The molecule has 0 aliphatic carbocycles. The number of ether oxygens (including phenoxy) is 1. The molecule has 2 aromatic carbocycles. The SMILES string of the molecule is Cc1ccc(Oc2cc(C(C)C)nc(SCc3ccccc3Cl)n2)cc1C. The molecule has 3 nitrogen and oxygen atoms in total. The molecule has 0 saturated carbocycles. The van der Waals surface area contributed by atoms with E-state index in [1.807, 2.05) is 42.5 Å². The highest BCUT2D eigenvalue weighted by Crippen LogP contribution is 2.29. The quantitative estimate of drug-likeness (QED) is 0.332. The molecule has 3 aromatic rings. The normalized spacial score (nSPS) is 11.0. The Morgan fingerprint density at radius 1 is 1.00 bits per heavy atom. The molecule has 5 heteroatoms. The second kappa shape index (κ2) is 8.77. The summed E-state index contributed by atoms with van der Waals surface area (Å²) in [6.45, 7) is 8.39. The highest BCUT2D eigenvalue weighted by atomic mass is 35.5. The van der Waals surface area contributed by atoms with Gasteiger partial charge in [-0.25, -0.2) is 4.98 Å². The highest BCUT2D eigenvalue weighted by molar-refractivity contribution is 7.98. The van der Waals surface area contributed by atoms with Crippen molar-refractivity contribution in [2.24, 2.45) is 0 Å². The summed E-state index contributed by atoms with van der Waals surface area (Å²) in [6, 6.07) is 15.8. The van der Waals surface area contributed by atoms with Gasteiger partial charge in [-0.1, -0.05) is 61.5 Å². The van der Waals surface area contributed by atoms with Crippen molar-refractivity contribution in [3.63, 3.8) is 0 Å². The van der Waals surface area contributed by atoms with E-state index in [-0.39, 0.29) is 5.92 Å². The second-order valence-electron chi connectivity index (χ2n) is 6.80. The van der Waals surface area contributed by atoms with Gasteiger partial charge in [-0.15, -0.1) is 0 Å². The molecule has 0 atom stereocenters. The van der Waals surface area contributed by atoms with Crippen molar-refractivity contribution >= 4 is 23.4 Å². The Kier molecular flexibility index (Phi) is 6.40. The summed E-state index contributed by atoms with van der Waals surface area (Å²) in [6.07, 6.45) is 0. The van der Waals surface area contributed by atoms with E-state index < -0.39 is 0 Å². The zero-order valence-corrected chi connectivity index (χ0v) is 17.6. The fourth-order valence-electron chi connectivity index (χ4n) is 2.49. The Balaban J connectivity index is 1.83. The molecule has 0 bridgehead atoms. The molecule has 140 valence electrons. The number of rotatable bonds is 6. The van der Waals surface area contributed by atoms with Crippen molar-refractivity contribution in [2.75, 3.05) is 0 Å². The summed E-state index contributed by atoms with van der Waals surface area (Å²) in [4.78, 5) is 9.27. The molecule has 3 rings (SSSR count). The zero-order chi connectivity index (χ0) is 19.4. The average molecular weight is 399 g/mol. The Hall–Kier alpha value is -2.04. The zero-order valence-electron chi connectivity index (χ0n) is 16.0. The molecule has 0 N–H and O–H groups in total. The Bertz CT molecular complexity index is 943. The fourth-order valence-corrected chi connectivity index (χ4v) is 3.63. The Morgan fingerprint density at radius 3 is 2.48 bits per heavy atom. The van der Waals surface area contributed by atoms with Crippen LogP contribution in [0.1, 0.15) is 42.1 Å². The lowest BCUT2D eigenvalue weighted by Crippen LogP contribution is -2.00. The molecular formula is C22H23ClN2OS. The van der Waals surface area contributed by atoms with Gasteiger partial charge >= 0.3 is 0 Å². The lowest BCUT2D eigenvalue weighted by molar-refractivity contribution is 0.452. The van der Waals surface area contributed by atoms with E-state index in [0.717, 1.165) is 22.0 Å². The smallest absolute Gasteiger partial charge is 0.223 e. The number of nitrogens with zero attached hydrogens (tertiary/aromatic N) is 2. The predicted octanol–water partition coefficient (Wildman–Crippen LogP) is 6.95. The summed E-state index contributed by atoms with van der Waals surface area (Å²) < 4.78 is 6.03. The molecule has 27 heavy (non-hydrogen) atoms. The predicted molar refractivity (Wildman–Crippen MR) is 113 cm³/mol. The van der Waals surface area contributed by atoms with Crippen LogP contribution in [0.4, 0.5) is 0 Å². The third-order valence-electron chi connectivity index (χ3n) is 4.31. The third-order valence-corrected chi connectivity index (χ3v) is 5.57. The van der Waals surface area contributed by atoms with Crippen molar-refractivity contribution in [3.05, 3.63) is 75.9 Å². The number of benzene rings is 2. The summed E-state index contributed by atoms with van der Waals surface area (Å²) >= 11 is 7.82. The monoisotopic (exact) mass is 398 g/mol. The van der Waals surface area contributed by atoms with E-state index in [0.29, 0.717) is 16.8 Å². The van der Waals surface area contributed by atoms with Crippen LogP contribution in [0.25, 0.3) is 0 Å². The van der Waals surface area contributed by atoms with Crippen LogP contribution in [0.2, 0.25) is 5.02 Å². The molecule has 0 saturated heterocycles. The average Bonchev–Trinajstić information content (AvgIpc) is 2.64. The van der Waals surface area contributed by atoms with Crippen molar-refractivity contribution in [2.45, 2.75) is 44.5 Å². The molecule has 0 unspecified atom stereocenters. The lowest BCUT2D eigenvalue weighted by atomic mass is 10.1. The van der Waals surface area contributed by atoms with Gasteiger partial charge in [0.2, 0.25) is 5.88 Å². The van der Waals surface area contributed by atoms with E-state index in [1.165, 1.54) is 11.1 Å². The van der Waals surface area contributed by atoms with Crippen LogP contribution in [-0.4, -0.2) is 9.97 Å². The minimum absolute atomic E-state index is 0.287. The van der Waals surface area contributed by atoms with Gasteiger partial charge in [-0.05, 0) is 54.7 Å². The first-order valence-corrected chi connectivity index (χ1v) is 10.3. The number of aryl methyl sites for hydroxylation is 2. The van der Waals surface area contributed by atoms with E-state index >= 15 is 0 Å². The van der Waals surface area contributed by atoms with Crippen LogP contribution in [0, 0.1) is 13.8 Å². The molecule has 0 aliphatic rings. The van der Waals surface area contributed by atoms with Crippen LogP contribution >= 0.6 is 23.4 Å². The summed E-state index contributed by atoms with van der Waals surface area (Å²) in [7, 11) is 0. The van der Waals surface area contributed by atoms with Crippen molar-refractivity contribution in [3.8, 4) is 11.6 Å². The van der Waals surface area contributed by atoms with Gasteiger partial charge in [0.1, 0.15) is 5.75 Å². The minimum Gasteiger partial charge on any atom is -0.439 e. The molecule has 1 aromatic heterocycles. The highest BCUT2D eigenvalue weighted by Gasteiger charge is 2.11. The van der Waals surface area contributed by atoms with Gasteiger partial charge < -0.3 is 4.74 Å². The summed E-state index contributed by atoms with van der Waals surface area (Å²) in [5.74, 6) is 2.35. The van der Waals surface area contributed by atoms with Gasteiger partial charge in [0.15, 0.2) is 5.16 Å². The summed E-state index contributed by atoms with van der Waals surface area (Å²) in [5, 5.41) is 1.46. The van der Waals surface area contributed by atoms with Crippen LogP contribution in [-0.2, 0) is 5.75 Å². The number of hydrogen-bond donors (Lipinski definition) is 0. The van der Waals surface area contributed by atoms with Crippen LogP contribution < -0.4 is 4.74 Å². The number of thioether (sulfide) groups is 1. The Labute approximate surface area is 170 Å². The van der Waals surface area contributed by atoms with Crippen molar-refractivity contribution in [1.82, 2.24) is 9.97 Å². The standard InChI is InChI=1S/C22H23ClN2OS/c1-14(2)20-12-21(26-18-10-9-15(3)16(4)11-18)25-22(24-20)27-13-17-7-5-6-8-19(17)23/h5-12,14H,13H2,1-4H3. The third kappa shape index (κ3) is 5.24. The largest absolute Gasteiger partial charge is 0.439 e. The van der Waals surface area contributed by atoms with Crippen molar-refractivity contribution < 1.29 is 4.74 Å². The molecule has 0 aliphatic heterocycles. The van der Waals surface area contributed by atoms with Crippen LogP contribution in [0.15, 0.2) is 53.7 Å². The first kappa shape index (κ1) is 19.7. The van der Waals surface area contributed by atoms with Crippen LogP contribution in [0.5, 0.6) is 11.6 Å². The van der Waals surface area contributed by atoms with Gasteiger partial charge in [0.05, 0.1) is 5.69 Å². The topological polar surface area (TPSA) is 35.0 Å². The van der Waals surface area contributed by atoms with Crippen LogP contribution in [0.3, 0.4) is 0 Å². The summed E-state index contributed by atoms with van der Waals surface area (Å²) in [5.41, 5.74) is 4.47.